The molecule has 2 aromatic carbocycles. The molecule has 0 amide bonds. The van der Waals surface area contributed by atoms with Crippen LogP contribution in [0.1, 0.15) is 25.0 Å². The maximum absolute atomic E-state index is 14.4. The van der Waals surface area contributed by atoms with E-state index in [4.69, 9.17) is 9.68 Å². The Morgan fingerprint density at radius 2 is 1.91 bits per heavy atom. The molecule has 0 spiro atoms. The molecule has 0 unspecified atom stereocenters. The lowest BCUT2D eigenvalue weighted by Crippen LogP contribution is -2.09. The molecule has 0 atom stereocenters. The van der Waals surface area contributed by atoms with Gasteiger partial charge in [-0.25, -0.2) is 9.37 Å². The van der Waals surface area contributed by atoms with Crippen LogP contribution in [0.5, 0.6) is 0 Å². The third-order valence-electron chi connectivity index (χ3n) is 3.35. The monoisotopic (exact) mass is 358 g/mol. The van der Waals surface area contributed by atoms with Gasteiger partial charge in [-0.2, -0.15) is 5.26 Å². The number of nitrogens with zero attached hydrogens (tertiary/aromatic N) is 2. The fourth-order valence-electron chi connectivity index (χ4n) is 2.25. The number of rotatable bonds is 2. The van der Waals surface area contributed by atoms with Crippen molar-refractivity contribution in [3.63, 3.8) is 0 Å². The molecule has 22 heavy (non-hydrogen) atoms. The van der Waals surface area contributed by atoms with Gasteiger partial charge in [0.1, 0.15) is 11.2 Å². The van der Waals surface area contributed by atoms with Gasteiger partial charge in [-0.3, -0.25) is 0 Å². The van der Waals surface area contributed by atoms with Gasteiger partial charge >= 0.3 is 0 Å². The summed E-state index contributed by atoms with van der Waals surface area (Å²) in [5.74, 6) is 0.406. The van der Waals surface area contributed by atoms with E-state index in [0.29, 0.717) is 28.1 Å². The van der Waals surface area contributed by atoms with E-state index in [-0.39, 0.29) is 0 Å². The van der Waals surface area contributed by atoms with E-state index in [1.807, 2.05) is 30.3 Å². The van der Waals surface area contributed by atoms with Crippen molar-refractivity contribution >= 4 is 27.0 Å². The molecule has 0 aliphatic heterocycles. The van der Waals surface area contributed by atoms with Crippen molar-refractivity contribution in [2.75, 3.05) is 0 Å². The normalized spacial score (nSPS) is 11.6. The quantitative estimate of drug-likeness (QED) is 0.621. The summed E-state index contributed by atoms with van der Waals surface area (Å²) in [4.78, 5) is 4.40. The molecule has 0 radical (unpaired) electrons. The van der Waals surface area contributed by atoms with Crippen LogP contribution in [0.3, 0.4) is 0 Å². The molecule has 0 saturated carbocycles. The number of alkyl halides is 1. The Hall–Kier alpha value is -2.19. The van der Waals surface area contributed by atoms with Crippen molar-refractivity contribution in [2.45, 2.75) is 19.5 Å². The number of hydrogen-bond donors (Lipinski definition) is 0. The van der Waals surface area contributed by atoms with Gasteiger partial charge in [0, 0.05) is 15.6 Å². The smallest absolute Gasteiger partial charge is 0.227 e. The van der Waals surface area contributed by atoms with Gasteiger partial charge in [0.25, 0.3) is 0 Å². The lowest BCUT2D eigenvalue weighted by atomic mass is 9.97. The van der Waals surface area contributed by atoms with E-state index in [1.165, 1.54) is 19.9 Å². The average molecular weight is 359 g/mol. The summed E-state index contributed by atoms with van der Waals surface area (Å²) in [6.45, 7) is 2.87. The Balaban J connectivity index is 2.25. The van der Waals surface area contributed by atoms with Gasteiger partial charge in [0.05, 0.1) is 11.6 Å². The van der Waals surface area contributed by atoms with Crippen LogP contribution in [-0.2, 0) is 5.67 Å². The molecule has 1 heterocycles. The molecule has 3 rings (SSSR count). The second-order valence-electron chi connectivity index (χ2n) is 5.48. The summed E-state index contributed by atoms with van der Waals surface area (Å²) in [5, 5.41) is 9.11. The van der Waals surface area contributed by atoms with E-state index < -0.39 is 5.67 Å². The van der Waals surface area contributed by atoms with E-state index >= 15 is 0 Å². The van der Waals surface area contributed by atoms with Crippen molar-refractivity contribution in [2.24, 2.45) is 0 Å². The van der Waals surface area contributed by atoms with Gasteiger partial charge in [0.15, 0.2) is 5.58 Å². The average Bonchev–Trinajstić information content (AvgIpc) is 2.89. The molecule has 110 valence electrons. The Morgan fingerprint density at radius 1 is 1.23 bits per heavy atom. The third-order valence-corrected chi connectivity index (χ3v) is 3.88. The molecular weight excluding hydrogens is 347 g/mol. The van der Waals surface area contributed by atoms with Crippen LogP contribution in [-0.4, -0.2) is 4.98 Å². The Kier molecular flexibility index (Phi) is 3.50. The van der Waals surface area contributed by atoms with Crippen molar-refractivity contribution in [1.82, 2.24) is 4.98 Å². The van der Waals surface area contributed by atoms with Gasteiger partial charge < -0.3 is 4.42 Å². The molecule has 1 aromatic heterocycles. The summed E-state index contributed by atoms with van der Waals surface area (Å²) >= 11 is 3.37. The zero-order chi connectivity index (χ0) is 15.9. The first kappa shape index (κ1) is 14.7. The molecule has 3 nitrogen and oxygen atoms in total. The molecule has 0 aliphatic carbocycles. The molecule has 3 aromatic rings. The lowest BCUT2D eigenvalue weighted by Gasteiger charge is -2.14. The molecule has 0 bridgehead atoms. The molecule has 5 heteroatoms. The van der Waals surface area contributed by atoms with Crippen LogP contribution in [0.25, 0.3) is 22.6 Å². The number of halogens is 2. The summed E-state index contributed by atoms with van der Waals surface area (Å²) in [7, 11) is 0. The van der Waals surface area contributed by atoms with Crippen LogP contribution >= 0.6 is 15.9 Å². The lowest BCUT2D eigenvalue weighted by molar-refractivity contribution is 0.221. The second-order valence-corrected chi connectivity index (χ2v) is 6.40. The number of benzene rings is 2. The minimum absolute atomic E-state index is 0.331. The minimum atomic E-state index is -1.62. The number of fused-ring (bicyclic) bond motifs is 1. The first-order chi connectivity index (χ1) is 10.4. The standard InChI is InChI=1S/C17H12BrFN2O/c1-17(2,19)13-7-10(9-20)8-14-15(13)22-16(21-14)11-3-5-12(18)6-4-11/h3-8H,1-2H3. The summed E-state index contributed by atoms with van der Waals surface area (Å²) < 4.78 is 21.2. The van der Waals surface area contributed by atoms with E-state index in [9.17, 15) is 4.39 Å². The van der Waals surface area contributed by atoms with E-state index in [2.05, 4.69) is 20.9 Å². The topological polar surface area (TPSA) is 49.8 Å². The Bertz CT molecular complexity index is 886. The summed E-state index contributed by atoms with van der Waals surface area (Å²) in [6.07, 6.45) is 0. The van der Waals surface area contributed by atoms with Crippen LogP contribution < -0.4 is 0 Å². The molecule has 0 fully saturated rings. The highest BCUT2D eigenvalue weighted by molar-refractivity contribution is 9.10. The van der Waals surface area contributed by atoms with Crippen LogP contribution in [0.4, 0.5) is 4.39 Å². The second kappa shape index (κ2) is 5.22. The zero-order valence-corrected chi connectivity index (χ0v) is 13.6. The van der Waals surface area contributed by atoms with Crippen molar-refractivity contribution in [1.29, 1.82) is 5.26 Å². The number of hydrogen-bond acceptors (Lipinski definition) is 3. The Labute approximate surface area is 135 Å². The van der Waals surface area contributed by atoms with Gasteiger partial charge in [-0.05, 0) is 50.2 Å². The maximum Gasteiger partial charge on any atom is 0.227 e. The highest BCUT2D eigenvalue weighted by Crippen LogP contribution is 2.35. The highest BCUT2D eigenvalue weighted by Gasteiger charge is 2.26. The summed E-state index contributed by atoms with van der Waals surface area (Å²) in [6, 6.07) is 12.6. The van der Waals surface area contributed by atoms with Gasteiger partial charge in [-0.15, -0.1) is 0 Å². The third kappa shape index (κ3) is 2.62. The van der Waals surface area contributed by atoms with Gasteiger partial charge in [0.2, 0.25) is 5.89 Å². The maximum atomic E-state index is 14.4. The van der Waals surface area contributed by atoms with Crippen LogP contribution in [0.2, 0.25) is 0 Å². The molecule has 0 aliphatic rings. The van der Waals surface area contributed by atoms with E-state index in [1.54, 1.807) is 6.07 Å². The largest absolute Gasteiger partial charge is 0.436 e. The highest BCUT2D eigenvalue weighted by atomic mass is 79.9. The number of aromatic nitrogens is 1. The molecule has 0 N–H and O–H groups in total. The zero-order valence-electron chi connectivity index (χ0n) is 12.0. The number of oxazole rings is 1. The first-order valence-corrected chi connectivity index (χ1v) is 7.48. The van der Waals surface area contributed by atoms with Crippen molar-refractivity contribution in [3.8, 4) is 17.5 Å². The molecular formula is C17H12BrFN2O. The first-order valence-electron chi connectivity index (χ1n) is 6.68. The van der Waals surface area contributed by atoms with Crippen molar-refractivity contribution < 1.29 is 8.81 Å². The SMILES string of the molecule is CC(C)(F)c1cc(C#N)cc2nc(-c3ccc(Br)cc3)oc12. The fourth-order valence-corrected chi connectivity index (χ4v) is 2.52. The van der Waals surface area contributed by atoms with Crippen LogP contribution in [0, 0.1) is 11.3 Å². The minimum Gasteiger partial charge on any atom is -0.436 e. The van der Waals surface area contributed by atoms with Crippen LogP contribution in [0.15, 0.2) is 45.3 Å². The fraction of sp³-hybridized carbons (Fsp3) is 0.176. The number of nitriles is 1. The molecule has 0 saturated heterocycles. The summed E-state index contributed by atoms with van der Waals surface area (Å²) in [5.41, 5.74) is 0.727. The Morgan fingerprint density at radius 3 is 2.50 bits per heavy atom. The predicted molar refractivity (Wildman–Crippen MR) is 86.0 cm³/mol. The van der Waals surface area contributed by atoms with Gasteiger partial charge in [-0.1, -0.05) is 15.9 Å². The predicted octanol–water partition coefficient (Wildman–Crippen LogP) is 5.33. The van der Waals surface area contributed by atoms with Crippen molar-refractivity contribution in [3.05, 3.63) is 52.0 Å². The van der Waals surface area contributed by atoms with E-state index in [0.717, 1.165) is 10.0 Å².